The van der Waals surface area contributed by atoms with Gasteiger partial charge < -0.3 is 121 Å². The molecule has 15 rings (SSSR count). The van der Waals surface area contributed by atoms with E-state index in [9.17, 15) is 86.9 Å². The van der Waals surface area contributed by atoms with Crippen molar-refractivity contribution >= 4 is 95.4 Å². The highest BCUT2D eigenvalue weighted by atomic mass is 16.6. The molecule has 42 heteroatoms. The quantitative estimate of drug-likeness (QED) is 0.0150. The molecule has 7 aromatic rings. The zero-order valence-corrected chi connectivity index (χ0v) is 87.5. The van der Waals surface area contributed by atoms with Gasteiger partial charge in [0, 0.05) is 97.6 Å². The van der Waals surface area contributed by atoms with Crippen LogP contribution < -0.4 is 68.0 Å². The molecule has 0 unspecified atom stereocenters. The minimum Gasteiger partial charge on any atom is -0.497 e. The average Bonchev–Trinajstić information content (AvgIpc) is 1.57. The number of aliphatic hydroxyl groups is 1. The molecule has 42 nitrogen and oxygen atoms in total. The Morgan fingerprint density at radius 3 is 1.47 bits per heavy atom. The van der Waals surface area contributed by atoms with E-state index in [2.05, 4.69) is 58.5 Å². The number of methoxy groups -OCH3 is 4. The van der Waals surface area contributed by atoms with Gasteiger partial charge in [-0.05, 0) is 172 Å². The van der Waals surface area contributed by atoms with Gasteiger partial charge in [0.1, 0.15) is 65.1 Å². The number of carbonyl (C=O) groups excluding carboxylic acids is 15. The van der Waals surface area contributed by atoms with Gasteiger partial charge in [0.05, 0.1) is 89.3 Å². The van der Waals surface area contributed by atoms with Crippen LogP contribution in [0.3, 0.4) is 0 Å². The number of rotatable bonds is 27. The first-order chi connectivity index (χ1) is 71.2. The van der Waals surface area contributed by atoms with Crippen LogP contribution in [0.4, 0.5) is 19.2 Å². The van der Waals surface area contributed by atoms with Crippen molar-refractivity contribution in [1.82, 2.24) is 83.0 Å². The summed E-state index contributed by atoms with van der Waals surface area (Å²) in [7, 11) is 9.39. The number of ether oxygens (including phenoxy) is 8. The van der Waals surface area contributed by atoms with Gasteiger partial charge in [-0.3, -0.25) is 62.5 Å². The van der Waals surface area contributed by atoms with E-state index in [1.54, 1.807) is 204 Å². The molecule has 7 aromatic carbocycles. The molecule has 8 aliphatic rings. The molecule has 806 valence electrons. The van der Waals surface area contributed by atoms with Crippen LogP contribution >= 0.6 is 0 Å². The predicted molar refractivity (Wildman–Crippen MR) is 549 cm³/mol. The van der Waals surface area contributed by atoms with E-state index in [-0.39, 0.29) is 91.6 Å². The second-order valence-corrected chi connectivity index (χ2v) is 40.4. The number of aliphatic carboxylic acids is 1. The first-order valence-corrected chi connectivity index (χ1v) is 49.6. The van der Waals surface area contributed by atoms with Crippen LogP contribution in [0.15, 0.2) is 188 Å². The van der Waals surface area contributed by atoms with Crippen molar-refractivity contribution in [3.05, 3.63) is 227 Å². The highest BCUT2D eigenvalue weighted by Crippen LogP contribution is 2.45. The summed E-state index contributed by atoms with van der Waals surface area (Å²) >= 11 is 0. The smallest absolute Gasteiger partial charge is 0.408 e. The van der Waals surface area contributed by atoms with Crippen LogP contribution in [0.1, 0.15) is 166 Å². The standard InChI is InChI=1S/C31H28N4O7.C23H33N3O6.C21H32N4O4.C18H25N3O5.C15H20N2O4/c36-25(37)14-23-30(40)35-15-24(33-28(38)17-8-2-1-3-9-17)26(27(35)29(39)32-23)34-31(41)42-16-22-20-12-6-4-10-18(20)19-11-5-7-13-21(19)22;1-7-14(2)20(28)26-13-16(24-19(27)15-11-9-8-10-12-15)17(18(26)21(29)31-6)25-22(30)32-23(3,4)5;1-6-15-13-25(5)17(19(27)23-15)16(24-20(28)29-21(2,3)4)12-22-18(26)14-10-8-7-9-11-14;1-18(2,3)26-17(24)21-13-12(10-19-14(13)16(23)25-4)20-15(22)11-8-6-5-7-9-11;1-16-8-11(18)13-14(16)15(19)17(13)7-9-4-5-10(20-2)6-12(9)21-3/h1-13,22-24,26-27H,14-16H2,(H,32,39)(H,33,38)(H,34,41)(H,36,37);8-12,14,16-18H,7,13H2,1-6H3,(H,24,27)(H,25,30);7-11,15-17H,6,12-13H2,1-5H3,(H,22,26)(H,23,27)(H,24,28);5-9,12-14,19H,10H2,1-4H3,(H,20,22)(H,21,24);4-6,11,13-14,18H,7-8H2,1-3H3/t23-,24+,26+,27-;14-,16+,17+,18-;15-,16+,17-;12-,13-,14+;11-,13+,14-/m00010/s1. The second-order valence-electron chi connectivity index (χ2n) is 40.4. The molecule has 7 fully saturated rings. The molecule has 7 heterocycles. The highest BCUT2D eigenvalue weighted by Gasteiger charge is 2.59. The molecule has 0 radical (unpaired) electrons. The number of amides is 13. The molecule has 0 bridgehead atoms. The topological polar surface area (TPSA) is 536 Å². The number of piperazine rings is 2. The minimum absolute atomic E-state index is 0.0355. The third-order valence-corrected chi connectivity index (χ3v) is 26.3. The Morgan fingerprint density at radius 1 is 0.500 bits per heavy atom. The Morgan fingerprint density at radius 2 is 0.987 bits per heavy atom. The van der Waals surface area contributed by atoms with Gasteiger partial charge in [-0.1, -0.05) is 142 Å². The zero-order chi connectivity index (χ0) is 110. The third-order valence-electron chi connectivity index (χ3n) is 26.3. The van der Waals surface area contributed by atoms with Gasteiger partial charge in [0.15, 0.2) is 6.04 Å². The summed E-state index contributed by atoms with van der Waals surface area (Å²) in [5.74, 6) is -4.56. The van der Waals surface area contributed by atoms with Crippen LogP contribution in [-0.2, 0) is 73.3 Å². The number of hydrogen-bond acceptors (Lipinski definition) is 28. The molecule has 150 heavy (non-hydrogen) atoms. The number of hydrogen-bond donors (Lipinski definition) is 13. The fourth-order valence-corrected chi connectivity index (χ4v) is 19.0. The number of benzene rings is 7. The van der Waals surface area contributed by atoms with E-state index < -0.39 is 162 Å². The van der Waals surface area contributed by atoms with Crippen molar-refractivity contribution in [3.8, 4) is 22.6 Å². The summed E-state index contributed by atoms with van der Waals surface area (Å²) < 4.78 is 41.9. The number of alkyl carbamates (subject to hydrolysis) is 4. The SMILES string of the molecule is CC[C@H](C)C(=O)N1C[C@@H](NC(=O)c2ccccc2)[C@@H](NC(=O)OC(C)(C)C)[C@H]1C(=O)OC.CC[C@H]1CN(C)[C@@H]([C@@H](CNC(=O)c2ccccc2)NC(=O)OC(C)(C)C)C(=O)N1.COC(=O)[C@H]1NC[C@@H](NC(=O)c2ccccc2)[C@H]1NC(=O)OC(C)(C)C.COc1ccc(CN2C(=O)[C@@H]3[C@H]2[C@@H](O)CN3C)c(OC)c1.O=C(O)C[C@@H]1NC(=O)[C@@H]2[C@H](NC(=O)OCC3c4ccccc4-c4ccccc43)[C@H](NC(=O)c3ccccc3)CN2C1=O. The number of likely N-dealkylation sites (N-methyl/N-ethyl adjacent to an activating group) is 2. The van der Waals surface area contributed by atoms with Gasteiger partial charge in [0.25, 0.3) is 23.6 Å². The van der Waals surface area contributed by atoms with E-state index >= 15 is 0 Å². The van der Waals surface area contributed by atoms with Crippen LogP contribution in [0, 0.1) is 5.92 Å². The van der Waals surface area contributed by atoms with Crippen molar-refractivity contribution in [1.29, 1.82) is 0 Å². The van der Waals surface area contributed by atoms with E-state index in [0.29, 0.717) is 66.4 Å². The number of fused-ring (bicyclic) bond motifs is 5. The van der Waals surface area contributed by atoms with Gasteiger partial charge >= 0.3 is 42.3 Å². The summed E-state index contributed by atoms with van der Waals surface area (Å²) in [6, 6.07) is 45.3. The van der Waals surface area contributed by atoms with Gasteiger partial charge in [-0.25, -0.2) is 24.0 Å². The van der Waals surface area contributed by atoms with Crippen molar-refractivity contribution in [2.45, 2.75) is 228 Å². The molecule has 0 aromatic heterocycles. The minimum atomic E-state index is -1.25. The monoisotopic (exact) mass is 2070 g/mol. The van der Waals surface area contributed by atoms with Gasteiger partial charge in [-0.2, -0.15) is 0 Å². The first-order valence-electron chi connectivity index (χ1n) is 49.6. The summed E-state index contributed by atoms with van der Waals surface area (Å²) in [5.41, 5.74) is 4.80. The van der Waals surface area contributed by atoms with Crippen LogP contribution in [0.2, 0.25) is 0 Å². The van der Waals surface area contributed by atoms with E-state index in [0.717, 1.165) is 34.2 Å². The maximum absolute atomic E-state index is 13.2. The second kappa shape index (κ2) is 51.6. The molecule has 13 N–H and O–H groups in total. The van der Waals surface area contributed by atoms with Crippen molar-refractivity contribution < 1.29 is 125 Å². The maximum Gasteiger partial charge on any atom is 0.408 e. The number of nitrogens with one attached hydrogen (secondary N) is 11. The Labute approximate surface area is 871 Å². The maximum atomic E-state index is 13.2. The van der Waals surface area contributed by atoms with Crippen molar-refractivity contribution in [3.63, 3.8) is 0 Å². The normalized spacial score (nSPS) is 22.8. The molecule has 1 aliphatic carbocycles. The van der Waals surface area contributed by atoms with Crippen LogP contribution in [0.5, 0.6) is 11.5 Å². The molecule has 0 saturated carbocycles. The van der Waals surface area contributed by atoms with E-state index in [1.165, 1.54) is 24.0 Å². The lowest BCUT2D eigenvalue weighted by molar-refractivity contribution is -0.157. The number of aliphatic hydroxyl groups excluding tert-OH is 1. The lowest BCUT2D eigenvalue weighted by atomic mass is 9.93. The average molecular weight is 2080 g/mol. The number of carbonyl (C=O) groups is 16. The summed E-state index contributed by atoms with van der Waals surface area (Å²) in [4.78, 5) is 209. The van der Waals surface area contributed by atoms with E-state index in [4.69, 9.17) is 37.9 Å². The number of carboxylic acid groups (broad SMARTS) is 1. The lowest BCUT2D eigenvalue weighted by Gasteiger charge is -2.46. The first kappa shape index (κ1) is 115. The number of nitrogens with zero attached hydrogens (tertiary/aromatic N) is 5. The molecule has 7 aliphatic heterocycles. The Balaban J connectivity index is 0.000000181. The number of β-amino-alcohol motifs (C(OH)–C–C–N with tert-alkyl or cyclic N) is 1. The van der Waals surface area contributed by atoms with Crippen LogP contribution in [0.25, 0.3) is 11.1 Å². The Bertz CT molecular complexity index is 5910. The lowest BCUT2D eigenvalue weighted by Crippen LogP contribution is -2.67. The fourth-order valence-electron chi connectivity index (χ4n) is 19.0. The number of β-lactam (4-membered cyclic amide) rings is 1. The molecular formula is C108H138N16O26. The molecule has 13 amide bonds. The third kappa shape index (κ3) is 29.8. The Kier molecular flexibility index (Phi) is 39.5. The van der Waals surface area contributed by atoms with Crippen molar-refractivity contribution in [2.75, 3.05) is 88.4 Å². The van der Waals surface area contributed by atoms with E-state index in [1.807, 2.05) is 111 Å². The number of carboxylic acids is 1. The molecule has 17 atom stereocenters. The van der Waals surface area contributed by atoms with Gasteiger partial charge in [0.2, 0.25) is 29.5 Å². The molecule has 0 spiro atoms. The van der Waals surface area contributed by atoms with Gasteiger partial charge in [-0.15, -0.1) is 0 Å². The van der Waals surface area contributed by atoms with Crippen LogP contribution in [-0.4, -0.2) is 332 Å². The Hall–Kier alpha value is -15.3. The molecular weight excluding hydrogens is 1940 g/mol. The predicted octanol–water partition coefficient (Wildman–Crippen LogP) is 6.42. The summed E-state index contributed by atoms with van der Waals surface area (Å²) in [5, 5.41) is 49.9. The largest absolute Gasteiger partial charge is 0.497 e. The molecule has 7 saturated heterocycles. The highest BCUT2D eigenvalue weighted by molar-refractivity contribution is 6.02. The fraction of sp³-hybridized carbons (Fsp3) is 0.463. The summed E-state index contributed by atoms with van der Waals surface area (Å²) in [6.07, 6.45) is -2.54. The zero-order valence-electron chi connectivity index (χ0n) is 87.5. The number of esters is 2. The van der Waals surface area contributed by atoms with Crippen molar-refractivity contribution in [2.24, 2.45) is 5.92 Å². The summed E-state index contributed by atoms with van der Waals surface area (Å²) in [6.45, 7) is 23.3. The number of likely N-dealkylation sites (tertiary alicyclic amines) is 3.